The van der Waals surface area contributed by atoms with Crippen LogP contribution in [0.25, 0.3) is 10.2 Å². The molecule has 31 heavy (non-hydrogen) atoms. The van der Waals surface area contributed by atoms with Crippen molar-refractivity contribution in [3.8, 4) is 0 Å². The standard InChI is InChI=1S/C25H35N3OS2/c1-15-6-5-11-28(13-15)20(29)14-30-23-21-18-10-9-17(25(2,3)4)12-19(18)31-24(21)27-22(26-23)16-7-8-16/h15-17H,5-14H2,1-4H3/t15-,17+/m1/s1. The van der Waals surface area contributed by atoms with E-state index in [9.17, 15) is 4.79 Å². The molecule has 0 unspecified atom stereocenters. The molecule has 0 aromatic carbocycles. The molecule has 2 fully saturated rings. The van der Waals surface area contributed by atoms with Crippen molar-refractivity contribution in [2.75, 3.05) is 18.8 Å². The van der Waals surface area contributed by atoms with Crippen molar-refractivity contribution < 1.29 is 4.79 Å². The Bertz CT molecular complexity index is 989. The van der Waals surface area contributed by atoms with Gasteiger partial charge in [0.25, 0.3) is 0 Å². The highest BCUT2D eigenvalue weighted by molar-refractivity contribution is 8.00. The number of rotatable bonds is 4. The zero-order chi connectivity index (χ0) is 21.8. The summed E-state index contributed by atoms with van der Waals surface area (Å²) in [5.41, 5.74) is 1.82. The third-order valence-electron chi connectivity index (χ3n) is 7.40. The molecule has 2 aliphatic carbocycles. The van der Waals surface area contributed by atoms with Crippen LogP contribution in [-0.2, 0) is 17.6 Å². The number of aryl methyl sites for hydroxylation is 1. The van der Waals surface area contributed by atoms with Gasteiger partial charge in [0.2, 0.25) is 5.91 Å². The van der Waals surface area contributed by atoms with Crippen molar-refractivity contribution in [1.29, 1.82) is 0 Å². The molecular weight excluding hydrogens is 422 g/mol. The number of aromatic nitrogens is 2. The smallest absolute Gasteiger partial charge is 0.232 e. The lowest BCUT2D eigenvalue weighted by Crippen LogP contribution is -2.40. The van der Waals surface area contributed by atoms with E-state index in [-0.39, 0.29) is 5.91 Å². The first-order chi connectivity index (χ1) is 14.8. The number of likely N-dealkylation sites (tertiary alicyclic amines) is 1. The molecule has 6 heteroatoms. The molecule has 0 bridgehead atoms. The number of piperidine rings is 1. The van der Waals surface area contributed by atoms with Crippen molar-refractivity contribution in [2.45, 2.75) is 83.6 Å². The van der Waals surface area contributed by atoms with E-state index in [4.69, 9.17) is 9.97 Å². The Labute approximate surface area is 194 Å². The van der Waals surface area contributed by atoms with Crippen LogP contribution in [0.2, 0.25) is 0 Å². The molecule has 2 aromatic rings. The second-order valence-electron chi connectivity index (χ2n) is 11.0. The van der Waals surface area contributed by atoms with Crippen LogP contribution in [0.3, 0.4) is 0 Å². The van der Waals surface area contributed by atoms with Crippen LogP contribution in [0.1, 0.15) is 82.0 Å². The van der Waals surface area contributed by atoms with E-state index in [0.717, 1.165) is 54.0 Å². The highest BCUT2D eigenvalue weighted by Crippen LogP contribution is 2.46. The first kappa shape index (κ1) is 21.7. The fourth-order valence-corrected chi connectivity index (χ4v) is 7.50. The molecule has 1 saturated heterocycles. The Morgan fingerprint density at radius 1 is 1.19 bits per heavy atom. The maximum absolute atomic E-state index is 12.9. The summed E-state index contributed by atoms with van der Waals surface area (Å²) in [6.07, 6.45) is 8.30. The first-order valence-electron chi connectivity index (χ1n) is 12.0. The molecule has 1 saturated carbocycles. The Kier molecular flexibility index (Phi) is 5.83. The fourth-order valence-electron chi connectivity index (χ4n) is 5.16. The zero-order valence-corrected chi connectivity index (χ0v) is 21.0. The molecular formula is C25H35N3OS2. The number of hydrogen-bond acceptors (Lipinski definition) is 5. The van der Waals surface area contributed by atoms with Crippen molar-refractivity contribution >= 4 is 39.2 Å². The lowest BCUT2D eigenvalue weighted by molar-refractivity contribution is -0.130. The summed E-state index contributed by atoms with van der Waals surface area (Å²) < 4.78 is 0. The molecule has 1 aliphatic heterocycles. The minimum Gasteiger partial charge on any atom is -0.342 e. The topological polar surface area (TPSA) is 46.1 Å². The van der Waals surface area contributed by atoms with Crippen molar-refractivity contribution in [2.24, 2.45) is 17.3 Å². The maximum Gasteiger partial charge on any atom is 0.232 e. The number of carbonyl (C=O) groups excluding carboxylic acids is 1. The Morgan fingerprint density at radius 3 is 2.71 bits per heavy atom. The minimum absolute atomic E-state index is 0.271. The number of fused-ring (bicyclic) bond motifs is 3. The number of thiophene rings is 1. The highest BCUT2D eigenvalue weighted by Gasteiger charge is 2.34. The van der Waals surface area contributed by atoms with Crippen molar-refractivity contribution in [3.63, 3.8) is 0 Å². The van der Waals surface area contributed by atoms with Crippen LogP contribution < -0.4 is 0 Å². The normalized spacial score (nSPS) is 24.5. The van der Waals surface area contributed by atoms with Crippen molar-refractivity contribution in [1.82, 2.24) is 14.9 Å². The molecule has 5 rings (SSSR count). The van der Waals surface area contributed by atoms with Gasteiger partial charge in [-0.15, -0.1) is 11.3 Å². The van der Waals surface area contributed by atoms with E-state index in [2.05, 4.69) is 32.6 Å². The highest BCUT2D eigenvalue weighted by atomic mass is 32.2. The van der Waals surface area contributed by atoms with E-state index in [1.807, 2.05) is 11.3 Å². The van der Waals surface area contributed by atoms with Gasteiger partial charge in [0.15, 0.2) is 0 Å². The molecule has 2 aromatic heterocycles. The quantitative estimate of drug-likeness (QED) is 0.413. The Morgan fingerprint density at radius 2 is 2.00 bits per heavy atom. The van der Waals surface area contributed by atoms with Gasteiger partial charge in [0.05, 0.1) is 5.75 Å². The lowest BCUT2D eigenvalue weighted by Gasteiger charge is -2.33. The van der Waals surface area contributed by atoms with Gasteiger partial charge < -0.3 is 4.90 Å². The average Bonchev–Trinajstić information content (AvgIpc) is 3.51. The van der Waals surface area contributed by atoms with Gasteiger partial charge >= 0.3 is 0 Å². The largest absolute Gasteiger partial charge is 0.342 e. The fraction of sp³-hybridized carbons (Fsp3) is 0.720. The molecule has 0 spiro atoms. The third-order valence-corrected chi connectivity index (χ3v) is 9.51. The SMILES string of the molecule is C[C@@H]1CCCN(C(=O)CSc2nc(C3CC3)nc3sc4c(c23)CC[C@H](C(C)(C)C)C4)C1. The number of thioether (sulfide) groups is 1. The third kappa shape index (κ3) is 4.52. The summed E-state index contributed by atoms with van der Waals surface area (Å²) in [4.78, 5) is 27.7. The molecule has 2 atom stereocenters. The summed E-state index contributed by atoms with van der Waals surface area (Å²) in [5.74, 6) is 3.66. The zero-order valence-electron chi connectivity index (χ0n) is 19.4. The van der Waals surface area contributed by atoms with Gasteiger partial charge in [0.1, 0.15) is 15.7 Å². The summed E-state index contributed by atoms with van der Waals surface area (Å²) >= 11 is 3.56. The van der Waals surface area contributed by atoms with Gasteiger partial charge in [-0.25, -0.2) is 9.97 Å². The van der Waals surface area contributed by atoms with Crippen LogP contribution in [-0.4, -0.2) is 39.6 Å². The van der Waals surface area contributed by atoms with Crippen LogP contribution in [0.15, 0.2) is 5.03 Å². The summed E-state index contributed by atoms with van der Waals surface area (Å²) in [5, 5.41) is 2.33. The average molecular weight is 458 g/mol. The molecule has 1 amide bonds. The van der Waals surface area contributed by atoms with E-state index in [1.165, 1.54) is 41.5 Å². The van der Waals surface area contributed by atoms with Crippen LogP contribution in [0, 0.1) is 17.3 Å². The van der Waals surface area contributed by atoms with E-state index >= 15 is 0 Å². The lowest BCUT2D eigenvalue weighted by atomic mass is 9.72. The van der Waals surface area contributed by atoms with E-state index < -0.39 is 0 Å². The van der Waals surface area contributed by atoms with E-state index in [1.54, 1.807) is 11.8 Å². The van der Waals surface area contributed by atoms with Gasteiger partial charge in [0, 0.05) is 29.3 Å². The predicted octanol–water partition coefficient (Wildman–Crippen LogP) is 6.07. The maximum atomic E-state index is 12.9. The van der Waals surface area contributed by atoms with Gasteiger partial charge in [-0.05, 0) is 67.8 Å². The van der Waals surface area contributed by atoms with Gasteiger partial charge in [-0.2, -0.15) is 0 Å². The molecule has 0 N–H and O–H groups in total. The number of carbonyl (C=O) groups is 1. The molecule has 0 radical (unpaired) electrons. The minimum atomic E-state index is 0.271. The van der Waals surface area contributed by atoms with Crippen LogP contribution >= 0.6 is 23.1 Å². The molecule has 3 heterocycles. The molecule has 3 aliphatic rings. The van der Waals surface area contributed by atoms with Crippen molar-refractivity contribution in [3.05, 3.63) is 16.3 Å². The predicted molar refractivity (Wildman–Crippen MR) is 130 cm³/mol. The second-order valence-corrected chi connectivity index (χ2v) is 13.1. The number of hydrogen-bond donors (Lipinski definition) is 0. The van der Waals surface area contributed by atoms with Gasteiger partial charge in [-0.3, -0.25) is 4.79 Å². The summed E-state index contributed by atoms with van der Waals surface area (Å²) in [6.45, 7) is 11.2. The second kappa shape index (κ2) is 8.33. The van der Waals surface area contributed by atoms with Gasteiger partial charge in [-0.1, -0.05) is 39.5 Å². The molecule has 168 valence electrons. The van der Waals surface area contributed by atoms with E-state index in [0.29, 0.717) is 23.0 Å². The summed E-state index contributed by atoms with van der Waals surface area (Å²) in [6, 6.07) is 0. The Hall–Kier alpha value is -1.14. The number of nitrogens with zero attached hydrogens (tertiary/aromatic N) is 3. The molecule has 4 nitrogen and oxygen atoms in total. The first-order valence-corrected chi connectivity index (χ1v) is 13.8. The Balaban J connectivity index is 1.43. The van der Waals surface area contributed by atoms with Crippen LogP contribution in [0.4, 0.5) is 0 Å². The number of amides is 1. The summed E-state index contributed by atoms with van der Waals surface area (Å²) in [7, 11) is 0. The van der Waals surface area contributed by atoms with Crippen LogP contribution in [0.5, 0.6) is 0 Å². The monoisotopic (exact) mass is 457 g/mol.